The Kier molecular flexibility index (Phi) is 16.9. The van der Waals surface area contributed by atoms with E-state index < -0.39 is 16.4 Å². The summed E-state index contributed by atoms with van der Waals surface area (Å²) in [5, 5.41) is 14.3. The largest absolute Gasteiger partial charge is 0.367 e. The Balaban J connectivity index is 0.000000191. The number of hydrogen-bond donors (Lipinski definition) is 2. The van der Waals surface area contributed by atoms with E-state index in [-0.39, 0.29) is 41.1 Å². The third kappa shape index (κ3) is 11.8. The van der Waals surface area contributed by atoms with E-state index in [4.69, 9.17) is 4.98 Å². The Hall–Kier alpha value is -6.96. The summed E-state index contributed by atoms with van der Waals surface area (Å²) >= 11 is 0. The van der Waals surface area contributed by atoms with Crippen molar-refractivity contribution in [3.63, 3.8) is 0 Å². The SMILES string of the molecule is CCC(CC)C(=O)Nc1cc(N2CCN(C(c3ccccc3)c3ccccc3)CC2)c(F)cc1[N+](=O)[O-].CCC(CC)c1nc2cc(N3CCN(C(c4ccccc4)c4ccccc4)CC3)c(F)cc2[nH]1. The van der Waals surface area contributed by atoms with Crippen molar-refractivity contribution in [2.24, 2.45) is 5.92 Å². The number of carbonyl (C=O) groups excluding carboxylic acids is 1. The fourth-order valence-corrected chi connectivity index (χ4v) is 10.3. The summed E-state index contributed by atoms with van der Waals surface area (Å²) in [4.78, 5) is 40.7. The van der Waals surface area contributed by atoms with Gasteiger partial charge in [-0.3, -0.25) is 24.7 Å². The van der Waals surface area contributed by atoms with Gasteiger partial charge in [-0.25, -0.2) is 13.8 Å². The lowest BCUT2D eigenvalue weighted by molar-refractivity contribution is -0.384. The summed E-state index contributed by atoms with van der Waals surface area (Å²) in [6, 6.07) is 48.1. The molecular weight excluding hydrogens is 895 g/mol. The van der Waals surface area contributed by atoms with Crippen LogP contribution in [0.3, 0.4) is 0 Å². The number of halogens is 2. The second kappa shape index (κ2) is 23.8. The monoisotopic (exact) mass is 961 g/mol. The van der Waals surface area contributed by atoms with Gasteiger partial charge in [0, 0.05) is 70.3 Å². The Bertz CT molecular complexity index is 2730. The molecule has 1 aromatic heterocycles. The summed E-state index contributed by atoms with van der Waals surface area (Å²) in [7, 11) is 0. The normalized spacial score (nSPS) is 14.6. The van der Waals surface area contributed by atoms with Gasteiger partial charge in [-0.15, -0.1) is 0 Å². The maximum Gasteiger partial charge on any atom is 0.295 e. The first-order valence-electron chi connectivity index (χ1n) is 25.3. The number of imidazole rings is 1. The molecule has 2 aliphatic rings. The number of H-pyrrole nitrogens is 1. The van der Waals surface area contributed by atoms with Crippen LogP contribution in [-0.4, -0.2) is 83.0 Å². The van der Waals surface area contributed by atoms with Gasteiger partial charge in [-0.05, 0) is 60.1 Å². The number of piperazine rings is 2. The Morgan fingerprint density at radius 3 is 1.41 bits per heavy atom. The molecule has 370 valence electrons. The molecule has 7 aromatic rings. The molecule has 3 heterocycles. The third-order valence-electron chi connectivity index (χ3n) is 14.3. The average molecular weight is 961 g/mol. The highest BCUT2D eigenvalue weighted by atomic mass is 19.1. The first-order valence-corrected chi connectivity index (χ1v) is 25.3. The van der Waals surface area contributed by atoms with E-state index in [9.17, 15) is 14.9 Å². The summed E-state index contributed by atoms with van der Waals surface area (Å²) < 4.78 is 30.3. The molecule has 71 heavy (non-hydrogen) atoms. The second-order valence-electron chi connectivity index (χ2n) is 18.5. The molecule has 0 aliphatic carbocycles. The number of nitro benzene ring substituents is 1. The number of hydrogen-bond acceptors (Lipinski definition) is 8. The van der Waals surface area contributed by atoms with Gasteiger partial charge in [0.05, 0.1) is 45.5 Å². The van der Waals surface area contributed by atoms with Gasteiger partial charge < -0.3 is 20.1 Å². The smallest absolute Gasteiger partial charge is 0.295 e. The van der Waals surface area contributed by atoms with E-state index in [0.29, 0.717) is 50.6 Å². The Morgan fingerprint density at radius 2 is 1.01 bits per heavy atom. The van der Waals surface area contributed by atoms with E-state index >= 15 is 8.78 Å². The average Bonchev–Trinajstić information content (AvgIpc) is 3.81. The molecule has 2 N–H and O–H groups in total. The molecule has 2 aliphatic heterocycles. The second-order valence-corrected chi connectivity index (χ2v) is 18.5. The molecule has 0 saturated carbocycles. The highest BCUT2D eigenvalue weighted by Gasteiger charge is 2.31. The minimum absolute atomic E-state index is 0.0344. The quantitative estimate of drug-likeness (QED) is 0.0727. The van der Waals surface area contributed by atoms with E-state index in [2.05, 4.69) is 124 Å². The predicted octanol–water partition coefficient (Wildman–Crippen LogP) is 12.5. The van der Waals surface area contributed by atoms with Crippen LogP contribution in [0.4, 0.5) is 31.5 Å². The number of aromatic amines is 1. The molecule has 1 amide bonds. The number of aromatic nitrogens is 2. The summed E-state index contributed by atoms with van der Waals surface area (Å²) in [6.07, 6.45) is 3.29. The van der Waals surface area contributed by atoms with Crippen molar-refractivity contribution in [3.05, 3.63) is 195 Å². The van der Waals surface area contributed by atoms with E-state index in [1.54, 1.807) is 6.07 Å². The van der Waals surface area contributed by atoms with Crippen LogP contribution in [-0.2, 0) is 4.79 Å². The maximum absolute atomic E-state index is 15.2. The van der Waals surface area contributed by atoms with Crippen LogP contribution in [0.5, 0.6) is 0 Å². The molecule has 0 bridgehead atoms. The summed E-state index contributed by atoms with van der Waals surface area (Å²) in [6.45, 7) is 13.9. The predicted molar refractivity (Wildman–Crippen MR) is 282 cm³/mol. The minimum atomic E-state index is -0.664. The Morgan fingerprint density at radius 1 is 0.606 bits per heavy atom. The minimum Gasteiger partial charge on any atom is -0.367 e. The highest BCUT2D eigenvalue weighted by molar-refractivity contribution is 5.95. The van der Waals surface area contributed by atoms with Gasteiger partial charge in [0.2, 0.25) is 5.91 Å². The molecule has 2 fully saturated rings. The fraction of sp³-hybridized carbons (Fsp3) is 0.345. The van der Waals surface area contributed by atoms with E-state index in [0.717, 1.165) is 61.9 Å². The maximum atomic E-state index is 15.2. The number of benzene rings is 6. The lowest BCUT2D eigenvalue weighted by Crippen LogP contribution is -2.48. The third-order valence-corrected chi connectivity index (χ3v) is 14.3. The number of fused-ring (bicyclic) bond motifs is 1. The van der Waals surface area contributed by atoms with Gasteiger partial charge in [0.1, 0.15) is 17.3 Å². The zero-order valence-corrected chi connectivity index (χ0v) is 41.3. The van der Waals surface area contributed by atoms with Crippen LogP contribution < -0.4 is 15.1 Å². The first-order chi connectivity index (χ1) is 34.6. The van der Waals surface area contributed by atoms with Crippen molar-refractivity contribution >= 4 is 39.7 Å². The summed E-state index contributed by atoms with van der Waals surface area (Å²) in [5.41, 5.74) is 7.12. The van der Waals surface area contributed by atoms with Crippen LogP contribution in [0.15, 0.2) is 146 Å². The molecule has 11 nitrogen and oxygen atoms in total. The Labute approximate surface area is 416 Å². The standard InChI is InChI=1S/C29H33FN4O3.C29H33FN4/c1-3-21(4-2)29(35)31-25-20-26(24(30)19-27(25)34(36)37)32-15-17-33(18-16-32)28(22-11-7-5-8-12-22)23-13-9-6-10-14-23;1-3-21(4-2)29-31-25-19-24(30)27(20-26(25)32-29)33-15-17-34(18-16-33)28(22-11-7-5-8-12-22)23-13-9-6-10-14-23/h5-14,19-21,28H,3-4,15-18H2,1-2H3,(H,31,35);5-14,19-21,28H,3-4,15-18H2,1-2H3,(H,31,32). The van der Waals surface area contributed by atoms with E-state index in [1.807, 2.05) is 61.2 Å². The molecule has 0 atom stereocenters. The molecule has 6 aromatic carbocycles. The van der Waals surface area contributed by atoms with Crippen molar-refractivity contribution in [3.8, 4) is 0 Å². The molecule has 9 rings (SSSR count). The molecule has 0 radical (unpaired) electrons. The lowest BCUT2D eigenvalue weighted by Gasteiger charge is -2.40. The van der Waals surface area contributed by atoms with Gasteiger partial charge in [0.15, 0.2) is 5.82 Å². The number of nitro groups is 1. The van der Waals surface area contributed by atoms with Crippen LogP contribution in [0.1, 0.15) is 99.5 Å². The highest BCUT2D eigenvalue weighted by Crippen LogP contribution is 2.37. The molecule has 13 heteroatoms. The fourth-order valence-electron chi connectivity index (χ4n) is 10.3. The number of amides is 1. The molecule has 0 unspecified atom stereocenters. The van der Waals surface area contributed by atoms with Gasteiger partial charge in [0.25, 0.3) is 5.69 Å². The van der Waals surface area contributed by atoms with Crippen LogP contribution in [0, 0.1) is 27.7 Å². The van der Waals surface area contributed by atoms with Crippen LogP contribution >= 0.6 is 0 Å². The number of nitrogens with zero attached hydrogens (tertiary/aromatic N) is 6. The van der Waals surface area contributed by atoms with Crippen LogP contribution in [0.2, 0.25) is 0 Å². The zero-order chi connectivity index (χ0) is 49.9. The molecule has 2 saturated heterocycles. The topological polar surface area (TPSA) is 114 Å². The van der Waals surface area contributed by atoms with E-state index in [1.165, 1.54) is 28.3 Å². The lowest BCUT2D eigenvalue weighted by atomic mass is 9.96. The molecular formula is C58H66F2N8O3. The summed E-state index contributed by atoms with van der Waals surface area (Å²) in [5.74, 6) is -0.0365. The van der Waals surface area contributed by atoms with Crippen molar-refractivity contribution in [2.45, 2.75) is 71.4 Å². The number of anilines is 3. The van der Waals surface area contributed by atoms with Gasteiger partial charge in [-0.2, -0.15) is 0 Å². The van der Waals surface area contributed by atoms with Crippen LogP contribution in [0.25, 0.3) is 11.0 Å². The number of nitrogens with one attached hydrogen (secondary N) is 2. The van der Waals surface area contributed by atoms with Crippen molar-refractivity contribution < 1.29 is 18.5 Å². The zero-order valence-electron chi connectivity index (χ0n) is 41.3. The van der Waals surface area contributed by atoms with Crippen molar-refractivity contribution in [1.29, 1.82) is 0 Å². The first kappa shape index (κ1) is 50.4. The number of carbonyl (C=O) groups is 1. The van der Waals surface area contributed by atoms with Crippen molar-refractivity contribution in [2.75, 3.05) is 67.5 Å². The van der Waals surface area contributed by atoms with Gasteiger partial charge >= 0.3 is 0 Å². The van der Waals surface area contributed by atoms with Crippen molar-refractivity contribution in [1.82, 2.24) is 19.8 Å². The van der Waals surface area contributed by atoms with Gasteiger partial charge in [-0.1, -0.05) is 149 Å². The number of rotatable bonds is 16. The molecule has 0 spiro atoms.